The van der Waals surface area contributed by atoms with E-state index in [0.29, 0.717) is 11.5 Å². The molecule has 12 nitrogen and oxygen atoms in total. The van der Waals surface area contributed by atoms with Gasteiger partial charge < -0.3 is 30.3 Å². The van der Waals surface area contributed by atoms with Crippen molar-refractivity contribution in [2.75, 3.05) is 26.3 Å². The molecule has 0 aromatic heterocycles. The minimum atomic E-state index is -1.09. The van der Waals surface area contributed by atoms with E-state index >= 15 is 0 Å². The number of ether oxygens (including phenoxy) is 2. The first kappa shape index (κ1) is 35.7. The molecule has 0 unspecified atom stereocenters. The number of benzene rings is 4. The summed E-state index contributed by atoms with van der Waals surface area (Å²) in [5.74, 6) is 0.221. The number of hydrogen-bond donors (Lipinski definition) is 4. The fraction of sp³-hybridized carbons (Fsp3) is 0.317. The van der Waals surface area contributed by atoms with Crippen LogP contribution in [0.2, 0.25) is 0 Å². The van der Waals surface area contributed by atoms with E-state index in [4.69, 9.17) is 9.47 Å². The van der Waals surface area contributed by atoms with Gasteiger partial charge in [0.1, 0.15) is 48.0 Å². The number of aliphatic hydroxyl groups excluding tert-OH is 2. The topological polar surface area (TPSA) is 158 Å². The third-order valence-corrected chi connectivity index (χ3v) is 10.1. The number of nitrogens with one attached hydrogen (secondary N) is 2. The molecule has 12 heteroatoms. The molecular weight excluding hydrogens is 676 g/mol. The van der Waals surface area contributed by atoms with Gasteiger partial charge in [0.2, 0.25) is 0 Å². The second kappa shape index (κ2) is 13.4. The first-order chi connectivity index (χ1) is 25.2. The number of rotatable bonds is 12. The summed E-state index contributed by atoms with van der Waals surface area (Å²) in [6.45, 7) is 5.85. The number of β-amino-alcohol motifs (C(OH)–C–C–N with tert-alkyl or cyclic N) is 2. The average Bonchev–Trinajstić information content (AvgIpc) is 3.62. The van der Waals surface area contributed by atoms with Crippen molar-refractivity contribution in [2.24, 2.45) is 0 Å². The molecule has 2 fully saturated rings. The number of urea groups is 2. The van der Waals surface area contributed by atoms with Crippen LogP contribution in [0, 0.1) is 0 Å². The smallest absolute Gasteiger partial charge is 0.325 e. The standard InChI is InChI=1S/C41H42N4O8/c1-39(2)35(48)44(37(50)42-39)21-27(46)23-52-29-17-13-25(14-18-29)41(33-11-7-5-9-31(33)32-10-6-8-12-34(32)41)26-15-19-30(20-16-26)53-24-28(47)22-45-36(49)40(3,4)43-38(45)51/h5-20,27-28,46-47H,21-24H2,1-4H3,(H,42,50)(H,43,51)/t27-,28+. The number of aliphatic hydroxyl groups is 2. The highest BCUT2D eigenvalue weighted by molar-refractivity contribution is 6.07. The third kappa shape index (κ3) is 6.27. The Hall–Kier alpha value is -5.72. The van der Waals surface area contributed by atoms with E-state index in [0.717, 1.165) is 43.2 Å². The Morgan fingerprint density at radius 3 is 1.26 bits per heavy atom. The Balaban J connectivity index is 1.12. The van der Waals surface area contributed by atoms with Crippen molar-refractivity contribution in [1.82, 2.24) is 20.4 Å². The lowest BCUT2D eigenvalue weighted by Gasteiger charge is -2.34. The highest BCUT2D eigenvalue weighted by Crippen LogP contribution is 2.56. The highest BCUT2D eigenvalue weighted by Gasteiger charge is 2.47. The molecule has 0 radical (unpaired) electrons. The minimum absolute atomic E-state index is 0.122. The SMILES string of the molecule is CC1(C)NC(=O)N(C[C@H](O)COc2ccc(C3(c4ccc(OC[C@H](O)CN5C(=O)NC(C)(C)C5=O)cc4)c4ccccc4-c4ccccc43)cc2)C1=O. The van der Waals surface area contributed by atoms with Gasteiger partial charge >= 0.3 is 12.1 Å². The maximum absolute atomic E-state index is 12.6. The van der Waals surface area contributed by atoms with E-state index in [1.807, 2.05) is 72.8 Å². The summed E-state index contributed by atoms with van der Waals surface area (Å²) < 4.78 is 11.8. The number of nitrogens with zero attached hydrogens (tertiary/aromatic N) is 2. The maximum Gasteiger partial charge on any atom is 0.325 e. The van der Waals surface area contributed by atoms with Crippen LogP contribution in [-0.4, -0.2) is 93.5 Å². The fourth-order valence-corrected chi connectivity index (χ4v) is 7.51. The summed E-state index contributed by atoms with van der Waals surface area (Å²) >= 11 is 0. The third-order valence-electron chi connectivity index (χ3n) is 10.1. The molecule has 0 spiro atoms. The van der Waals surface area contributed by atoms with E-state index in [1.54, 1.807) is 27.7 Å². The van der Waals surface area contributed by atoms with Crippen LogP contribution in [0.25, 0.3) is 11.1 Å². The normalized spacial score (nSPS) is 19.0. The Labute approximate surface area is 307 Å². The molecule has 0 bridgehead atoms. The lowest BCUT2D eigenvalue weighted by atomic mass is 9.68. The summed E-state index contributed by atoms with van der Waals surface area (Å²) in [7, 11) is 0. The highest BCUT2D eigenvalue weighted by atomic mass is 16.5. The van der Waals surface area contributed by atoms with Gasteiger partial charge in [-0.1, -0.05) is 72.8 Å². The number of amides is 6. The molecule has 7 rings (SSSR count). The van der Waals surface area contributed by atoms with Crippen LogP contribution in [0.3, 0.4) is 0 Å². The van der Waals surface area contributed by atoms with Crippen molar-refractivity contribution in [3.05, 3.63) is 119 Å². The summed E-state index contributed by atoms with van der Waals surface area (Å²) in [4.78, 5) is 51.7. The van der Waals surface area contributed by atoms with Crippen LogP contribution >= 0.6 is 0 Å². The number of imide groups is 2. The van der Waals surface area contributed by atoms with Gasteiger partial charge in [0.05, 0.1) is 18.5 Å². The van der Waals surface area contributed by atoms with Gasteiger partial charge in [-0.3, -0.25) is 19.4 Å². The number of carbonyl (C=O) groups excluding carboxylic acids is 4. The van der Waals surface area contributed by atoms with Gasteiger partial charge in [0, 0.05) is 0 Å². The molecule has 4 N–H and O–H groups in total. The largest absolute Gasteiger partial charge is 0.491 e. The molecule has 4 aromatic rings. The Morgan fingerprint density at radius 1 is 0.566 bits per heavy atom. The Morgan fingerprint density at radius 2 is 0.925 bits per heavy atom. The molecule has 4 aromatic carbocycles. The summed E-state index contributed by atoms with van der Waals surface area (Å²) in [6, 6.07) is 30.9. The molecule has 2 heterocycles. The van der Waals surface area contributed by atoms with Crippen LogP contribution in [0.1, 0.15) is 49.9 Å². The molecule has 2 aliphatic heterocycles. The van der Waals surface area contributed by atoms with E-state index < -0.39 is 52.6 Å². The van der Waals surface area contributed by atoms with Crippen LogP contribution in [0.15, 0.2) is 97.1 Å². The summed E-state index contributed by atoms with van der Waals surface area (Å²) in [5, 5.41) is 26.5. The lowest BCUT2D eigenvalue weighted by Crippen LogP contribution is -2.42. The van der Waals surface area contributed by atoms with Crippen LogP contribution in [0.5, 0.6) is 11.5 Å². The van der Waals surface area contributed by atoms with E-state index in [9.17, 15) is 29.4 Å². The summed E-state index contributed by atoms with van der Waals surface area (Å²) in [5.41, 5.74) is 3.62. The van der Waals surface area contributed by atoms with Crippen molar-refractivity contribution in [3.8, 4) is 22.6 Å². The minimum Gasteiger partial charge on any atom is -0.491 e. The van der Waals surface area contributed by atoms with Crippen molar-refractivity contribution >= 4 is 23.9 Å². The first-order valence-corrected chi connectivity index (χ1v) is 17.5. The van der Waals surface area contributed by atoms with Gasteiger partial charge in [-0.25, -0.2) is 9.59 Å². The molecule has 2 atom stereocenters. The number of carbonyl (C=O) groups is 4. The molecule has 274 valence electrons. The zero-order valence-corrected chi connectivity index (χ0v) is 30.0. The van der Waals surface area contributed by atoms with Crippen LogP contribution in [0.4, 0.5) is 9.59 Å². The van der Waals surface area contributed by atoms with E-state index in [1.165, 1.54) is 0 Å². The van der Waals surface area contributed by atoms with E-state index in [-0.39, 0.29) is 26.3 Å². The fourth-order valence-electron chi connectivity index (χ4n) is 7.51. The molecule has 3 aliphatic rings. The zero-order valence-electron chi connectivity index (χ0n) is 30.0. The second-order valence-corrected chi connectivity index (χ2v) is 14.8. The first-order valence-electron chi connectivity index (χ1n) is 17.5. The zero-order chi connectivity index (χ0) is 37.7. The van der Waals surface area contributed by atoms with E-state index in [2.05, 4.69) is 34.9 Å². The number of fused-ring (bicyclic) bond motifs is 3. The number of hydrogen-bond acceptors (Lipinski definition) is 8. The molecule has 2 saturated heterocycles. The van der Waals surface area contributed by atoms with Crippen LogP contribution in [-0.2, 0) is 15.0 Å². The maximum atomic E-state index is 12.6. The average molecular weight is 719 g/mol. The second-order valence-electron chi connectivity index (χ2n) is 14.8. The van der Waals surface area contributed by atoms with Crippen molar-refractivity contribution < 1.29 is 38.9 Å². The predicted octanol–water partition coefficient (Wildman–Crippen LogP) is 4.19. The predicted molar refractivity (Wildman–Crippen MR) is 195 cm³/mol. The van der Waals surface area contributed by atoms with Gasteiger partial charge in [-0.05, 0) is 85.3 Å². The van der Waals surface area contributed by atoms with Crippen molar-refractivity contribution in [2.45, 2.75) is 56.4 Å². The molecule has 0 saturated carbocycles. The Bertz CT molecular complexity index is 1930. The lowest BCUT2D eigenvalue weighted by molar-refractivity contribution is -0.132. The molecule has 53 heavy (non-hydrogen) atoms. The quantitative estimate of drug-likeness (QED) is 0.140. The van der Waals surface area contributed by atoms with Crippen molar-refractivity contribution in [3.63, 3.8) is 0 Å². The molecule has 6 amide bonds. The van der Waals surface area contributed by atoms with Gasteiger partial charge in [-0.2, -0.15) is 0 Å². The summed E-state index contributed by atoms with van der Waals surface area (Å²) in [6.07, 6.45) is -2.18. The van der Waals surface area contributed by atoms with Crippen LogP contribution < -0.4 is 20.1 Å². The Kier molecular flexibility index (Phi) is 8.99. The van der Waals surface area contributed by atoms with Gasteiger partial charge in [-0.15, -0.1) is 0 Å². The van der Waals surface area contributed by atoms with Crippen molar-refractivity contribution in [1.29, 1.82) is 0 Å². The molecular formula is C41H42N4O8. The monoisotopic (exact) mass is 718 g/mol. The molecule has 1 aliphatic carbocycles. The van der Waals surface area contributed by atoms with Gasteiger partial charge in [0.25, 0.3) is 11.8 Å². The van der Waals surface area contributed by atoms with Gasteiger partial charge in [0.15, 0.2) is 0 Å².